The molecule has 7 nitrogen and oxygen atoms in total. The quantitative estimate of drug-likeness (QED) is 0.664. The van der Waals surface area contributed by atoms with Crippen LogP contribution in [0.3, 0.4) is 0 Å². The Labute approximate surface area is 166 Å². The molecule has 144 valence electrons. The van der Waals surface area contributed by atoms with Gasteiger partial charge in [0.05, 0.1) is 10.3 Å². The highest BCUT2D eigenvalue weighted by Gasteiger charge is 2.28. The predicted octanol–water partition coefficient (Wildman–Crippen LogP) is 2.07. The Morgan fingerprint density at radius 2 is 1.96 bits per heavy atom. The minimum Gasteiger partial charge on any atom is -0.353 e. The third kappa shape index (κ3) is 2.71. The summed E-state index contributed by atoms with van der Waals surface area (Å²) >= 11 is 1.36. The molecular weight excluding hydrogens is 374 g/mol. The van der Waals surface area contributed by atoms with Gasteiger partial charge in [-0.3, -0.25) is 14.2 Å². The number of fused-ring (bicyclic) bond motifs is 2. The fourth-order valence-corrected chi connectivity index (χ4v) is 5.26. The molecule has 8 heteroatoms. The number of piperazine rings is 1. The van der Waals surface area contributed by atoms with Crippen molar-refractivity contribution in [1.29, 1.82) is 0 Å². The van der Waals surface area contributed by atoms with Crippen molar-refractivity contribution < 1.29 is 4.79 Å². The third-order valence-corrected chi connectivity index (χ3v) is 6.82. The number of nitrogens with zero attached hydrogens (tertiary/aromatic N) is 5. The molecule has 0 aromatic carbocycles. The van der Waals surface area contributed by atoms with Gasteiger partial charge in [0.2, 0.25) is 0 Å². The maximum atomic E-state index is 13.2. The number of aromatic nitrogens is 3. The molecule has 0 saturated carbocycles. The van der Waals surface area contributed by atoms with Crippen LogP contribution in [0.2, 0.25) is 0 Å². The Balaban J connectivity index is 1.40. The zero-order valence-electron chi connectivity index (χ0n) is 15.7. The molecule has 2 aliphatic heterocycles. The van der Waals surface area contributed by atoms with Gasteiger partial charge < -0.3 is 9.80 Å². The van der Waals surface area contributed by atoms with E-state index in [4.69, 9.17) is 0 Å². The Kier molecular flexibility index (Phi) is 4.16. The maximum Gasteiger partial charge on any atom is 0.264 e. The van der Waals surface area contributed by atoms with Gasteiger partial charge >= 0.3 is 0 Å². The van der Waals surface area contributed by atoms with Gasteiger partial charge in [0.15, 0.2) is 0 Å². The van der Waals surface area contributed by atoms with Gasteiger partial charge in [0.25, 0.3) is 11.5 Å². The van der Waals surface area contributed by atoms with Gasteiger partial charge in [-0.2, -0.15) is 0 Å². The predicted molar refractivity (Wildman–Crippen MR) is 109 cm³/mol. The van der Waals surface area contributed by atoms with Crippen molar-refractivity contribution in [3.63, 3.8) is 0 Å². The van der Waals surface area contributed by atoms with E-state index in [-0.39, 0.29) is 11.5 Å². The molecule has 0 atom stereocenters. The molecule has 0 radical (unpaired) electrons. The fraction of sp³-hybridized carbons (Fsp3) is 0.400. The van der Waals surface area contributed by atoms with Crippen LogP contribution in [0, 0.1) is 6.92 Å². The smallest absolute Gasteiger partial charge is 0.264 e. The number of carbonyl (C=O) groups is 1. The van der Waals surface area contributed by atoms with E-state index < -0.39 is 0 Å². The average Bonchev–Trinajstić information content (AvgIpc) is 3.33. The van der Waals surface area contributed by atoms with Crippen LogP contribution in [0.15, 0.2) is 29.2 Å². The molecule has 5 heterocycles. The van der Waals surface area contributed by atoms with E-state index in [0.29, 0.717) is 28.2 Å². The first kappa shape index (κ1) is 17.4. The van der Waals surface area contributed by atoms with E-state index in [1.807, 2.05) is 30.0 Å². The van der Waals surface area contributed by atoms with Crippen LogP contribution in [0.25, 0.3) is 10.2 Å². The largest absolute Gasteiger partial charge is 0.353 e. The average molecular weight is 395 g/mol. The lowest BCUT2D eigenvalue weighted by molar-refractivity contribution is 0.0751. The summed E-state index contributed by atoms with van der Waals surface area (Å²) in [6.45, 7) is 5.40. The molecule has 1 saturated heterocycles. The number of amides is 1. The van der Waals surface area contributed by atoms with Gasteiger partial charge in [0.1, 0.15) is 16.5 Å². The number of carbonyl (C=O) groups excluding carboxylic acids is 1. The fourth-order valence-electron chi connectivity index (χ4n) is 4.10. The van der Waals surface area contributed by atoms with Crippen molar-refractivity contribution >= 4 is 33.3 Å². The monoisotopic (exact) mass is 395 g/mol. The minimum absolute atomic E-state index is 0.00488. The molecule has 0 aliphatic carbocycles. The van der Waals surface area contributed by atoms with E-state index in [1.165, 1.54) is 11.3 Å². The lowest BCUT2D eigenvalue weighted by atomic mass is 10.2. The standard InChI is InChI=1S/C20H21N5O2S/c1-13-16-18(22-15-6-4-8-25(15)19(16)26)28-17(13)20(27)24-11-9-23(10-12-24)14-5-2-3-7-21-14/h2-3,5,7H,4,6,8-12H2,1H3. The lowest BCUT2D eigenvalue weighted by Crippen LogP contribution is -2.49. The number of hydrogen-bond acceptors (Lipinski definition) is 6. The number of rotatable bonds is 2. The molecule has 3 aromatic heterocycles. The molecule has 28 heavy (non-hydrogen) atoms. The number of anilines is 1. The number of thiophene rings is 1. The highest BCUT2D eigenvalue weighted by atomic mass is 32.1. The zero-order chi connectivity index (χ0) is 19.3. The molecular formula is C20H21N5O2S. The summed E-state index contributed by atoms with van der Waals surface area (Å²) in [6.07, 6.45) is 3.59. The second-order valence-corrected chi connectivity index (χ2v) is 8.29. The molecule has 0 bridgehead atoms. The number of aryl methyl sites for hydroxylation is 2. The van der Waals surface area contributed by atoms with E-state index >= 15 is 0 Å². The summed E-state index contributed by atoms with van der Waals surface area (Å²) in [5.74, 6) is 1.80. The van der Waals surface area contributed by atoms with E-state index in [2.05, 4.69) is 14.9 Å². The van der Waals surface area contributed by atoms with Crippen molar-refractivity contribution in [2.24, 2.45) is 0 Å². The summed E-state index contributed by atoms with van der Waals surface area (Å²) in [5, 5.41) is 0.617. The van der Waals surface area contributed by atoms with Gasteiger partial charge in [-0.05, 0) is 31.0 Å². The van der Waals surface area contributed by atoms with Gasteiger partial charge in [-0.15, -0.1) is 11.3 Å². The lowest BCUT2D eigenvalue weighted by Gasteiger charge is -2.35. The molecule has 3 aromatic rings. The molecule has 1 fully saturated rings. The summed E-state index contributed by atoms with van der Waals surface area (Å²) in [5.41, 5.74) is 0.780. The summed E-state index contributed by atoms with van der Waals surface area (Å²) in [4.78, 5) is 40.5. The Bertz CT molecular complexity index is 1110. The Morgan fingerprint density at radius 3 is 2.71 bits per heavy atom. The van der Waals surface area contributed by atoms with Crippen molar-refractivity contribution in [3.8, 4) is 0 Å². The van der Waals surface area contributed by atoms with Crippen molar-refractivity contribution in [3.05, 3.63) is 51.0 Å². The topological polar surface area (TPSA) is 71.3 Å². The SMILES string of the molecule is Cc1c(C(=O)N2CCN(c3ccccn3)CC2)sc2nc3n(c(=O)c12)CCC3. The highest BCUT2D eigenvalue weighted by molar-refractivity contribution is 7.20. The Hall–Kier alpha value is -2.74. The molecule has 0 unspecified atom stereocenters. The van der Waals surface area contributed by atoms with Crippen LogP contribution in [0.1, 0.15) is 27.5 Å². The second-order valence-electron chi connectivity index (χ2n) is 7.29. The van der Waals surface area contributed by atoms with Crippen LogP contribution >= 0.6 is 11.3 Å². The number of hydrogen-bond donors (Lipinski definition) is 0. The number of pyridine rings is 1. The van der Waals surface area contributed by atoms with Crippen molar-refractivity contribution in [2.75, 3.05) is 31.1 Å². The first-order chi connectivity index (χ1) is 13.6. The van der Waals surface area contributed by atoms with Crippen molar-refractivity contribution in [1.82, 2.24) is 19.4 Å². The van der Waals surface area contributed by atoms with Crippen LogP contribution in [0.4, 0.5) is 5.82 Å². The zero-order valence-corrected chi connectivity index (χ0v) is 16.5. The maximum absolute atomic E-state index is 13.2. The third-order valence-electron chi connectivity index (χ3n) is 5.65. The van der Waals surface area contributed by atoms with E-state index in [1.54, 1.807) is 10.8 Å². The van der Waals surface area contributed by atoms with Gasteiger partial charge in [-0.25, -0.2) is 9.97 Å². The molecule has 1 amide bonds. The summed E-state index contributed by atoms with van der Waals surface area (Å²) in [6, 6.07) is 5.87. The van der Waals surface area contributed by atoms with Gasteiger partial charge in [-0.1, -0.05) is 6.07 Å². The van der Waals surface area contributed by atoms with Crippen molar-refractivity contribution in [2.45, 2.75) is 26.3 Å². The van der Waals surface area contributed by atoms with Crippen LogP contribution in [-0.4, -0.2) is 51.5 Å². The second kappa shape index (κ2) is 6.70. The highest BCUT2D eigenvalue weighted by Crippen LogP contribution is 2.30. The molecule has 2 aliphatic rings. The molecule has 0 N–H and O–H groups in total. The van der Waals surface area contributed by atoms with Crippen LogP contribution in [0.5, 0.6) is 0 Å². The first-order valence-corrected chi connectivity index (χ1v) is 10.4. The minimum atomic E-state index is 0.00488. The van der Waals surface area contributed by atoms with E-state index in [9.17, 15) is 9.59 Å². The first-order valence-electron chi connectivity index (χ1n) is 9.61. The molecule has 0 spiro atoms. The molecule has 5 rings (SSSR count). The van der Waals surface area contributed by atoms with E-state index in [0.717, 1.165) is 49.7 Å². The van der Waals surface area contributed by atoms with Crippen LogP contribution in [-0.2, 0) is 13.0 Å². The van der Waals surface area contributed by atoms with Crippen LogP contribution < -0.4 is 10.5 Å². The summed E-state index contributed by atoms with van der Waals surface area (Å²) < 4.78 is 1.77. The normalized spacial score (nSPS) is 16.6. The van der Waals surface area contributed by atoms with Gasteiger partial charge in [0, 0.05) is 45.3 Å². The summed E-state index contributed by atoms with van der Waals surface area (Å²) in [7, 11) is 0. The Morgan fingerprint density at radius 1 is 1.14 bits per heavy atom.